The van der Waals surface area contributed by atoms with Gasteiger partial charge in [-0.3, -0.25) is 0 Å². The maximum absolute atomic E-state index is 3.52. The maximum atomic E-state index is 3.52. The highest BCUT2D eigenvalue weighted by molar-refractivity contribution is 4.87. The summed E-state index contributed by atoms with van der Waals surface area (Å²) in [5.74, 6) is 0. The van der Waals surface area contributed by atoms with Gasteiger partial charge in [-0.25, -0.2) is 0 Å². The summed E-state index contributed by atoms with van der Waals surface area (Å²) in [6.45, 7) is 10.7. The molecule has 0 aromatic heterocycles. The van der Waals surface area contributed by atoms with E-state index >= 15 is 0 Å². The molecule has 84 valence electrons. The monoisotopic (exact) mass is 200 g/mol. The summed E-state index contributed by atoms with van der Waals surface area (Å²) in [5, 5.41) is 13.9. The molecule has 1 aliphatic heterocycles. The van der Waals surface area contributed by atoms with E-state index in [0.29, 0.717) is 12.1 Å². The molecule has 4 nitrogen and oxygen atoms in total. The number of hydrogen-bond acceptors (Lipinski definition) is 4. The van der Waals surface area contributed by atoms with Crippen molar-refractivity contribution in [3.8, 4) is 0 Å². The number of likely N-dealkylation sites (N-methyl/N-ethyl adjacent to an activating group) is 2. The average Bonchev–Trinajstić information content (AvgIpc) is 2.16. The van der Waals surface area contributed by atoms with Crippen LogP contribution in [0.25, 0.3) is 0 Å². The number of rotatable bonds is 4. The van der Waals surface area contributed by atoms with Crippen molar-refractivity contribution < 1.29 is 0 Å². The number of nitrogens with one attached hydrogen (secondary N) is 4. The van der Waals surface area contributed by atoms with Gasteiger partial charge in [0.1, 0.15) is 0 Å². The zero-order valence-electron chi connectivity index (χ0n) is 9.40. The lowest BCUT2D eigenvalue weighted by molar-refractivity contribution is 0.333. The van der Waals surface area contributed by atoms with Crippen LogP contribution in [0.15, 0.2) is 0 Å². The third-order valence-corrected chi connectivity index (χ3v) is 2.63. The van der Waals surface area contributed by atoms with E-state index in [1.807, 2.05) is 0 Å². The highest BCUT2D eigenvalue weighted by Gasteiger charge is 2.20. The molecule has 0 spiro atoms. The summed E-state index contributed by atoms with van der Waals surface area (Å²) in [4.78, 5) is 0. The van der Waals surface area contributed by atoms with Crippen molar-refractivity contribution in [3.63, 3.8) is 0 Å². The molecule has 0 unspecified atom stereocenters. The minimum atomic E-state index is 0.535. The Kier molecular flexibility index (Phi) is 6.10. The van der Waals surface area contributed by atoms with Crippen LogP contribution < -0.4 is 21.3 Å². The van der Waals surface area contributed by atoms with Crippen LogP contribution in [0.5, 0.6) is 0 Å². The van der Waals surface area contributed by atoms with Crippen molar-refractivity contribution in [3.05, 3.63) is 0 Å². The SMILES string of the molecule is CCN[C@H]1CNCCNC[C@@H]1NCC. The van der Waals surface area contributed by atoms with E-state index in [-0.39, 0.29) is 0 Å². The molecule has 0 radical (unpaired) electrons. The summed E-state index contributed by atoms with van der Waals surface area (Å²) in [5.41, 5.74) is 0. The van der Waals surface area contributed by atoms with Crippen LogP contribution in [0.2, 0.25) is 0 Å². The normalized spacial score (nSPS) is 29.6. The van der Waals surface area contributed by atoms with Gasteiger partial charge in [-0.15, -0.1) is 0 Å². The van der Waals surface area contributed by atoms with Crippen LogP contribution >= 0.6 is 0 Å². The van der Waals surface area contributed by atoms with Crippen LogP contribution in [-0.4, -0.2) is 51.4 Å². The highest BCUT2D eigenvalue weighted by Crippen LogP contribution is 1.94. The maximum Gasteiger partial charge on any atom is 0.0358 e. The lowest BCUT2D eigenvalue weighted by Gasteiger charge is -2.31. The predicted octanol–water partition coefficient (Wildman–Crippen LogP) is -0.865. The lowest BCUT2D eigenvalue weighted by Crippen LogP contribution is -2.59. The van der Waals surface area contributed by atoms with E-state index < -0.39 is 0 Å². The fourth-order valence-corrected chi connectivity index (χ4v) is 1.93. The molecule has 0 aromatic carbocycles. The molecule has 0 aliphatic carbocycles. The Balaban J connectivity index is 2.42. The van der Waals surface area contributed by atoms with Gasteiger partial charge in [0.15, 0.2) is 0 Å². The summed E-state index contributed by atoms with van der Waals surface area (Å²) in [7, 11) is 0. The largest absolute Gasteiger partial charge is 0.314 e. The molecule has 0 bridgehead atoms. The van der Waals surface area contributed by atoms with Crippen molar-refractivity contribution in [2.75, 3.05) is 39.3 Å². The van der Waals surface area contributed by atoms with Gasteiger partial charge < -0.3 is 21.3 Å². The first-order valence-corrected chi connectivity index (χ1v) is 5.76. The second-order valence-corrected chi connectivity index (χ2v) is 3.74. The quantitative estimate of drug-likeness (QED) is 0.477. The van der Waals surface area contributed by atoms with E-state index in [0.717, 1.165) is 39.3 Å². The van der Waals surface area contributed by atoms with Gasteiger partial charge in [0.05, 0.1) is 0 Å². The average molecular weight is 200 g/mol. The summed E-state index contributed by atoms with van der Waals surface area (Å²) >= 11 is 0. The van der Waals surface area contributed by atoms with Crippen molar-refractivity contribution >= 4 is 0 Å². The zero-order chi connectivity index (χ0) is 10.2. The molecule has 1 aliphatic rings. The smallest absolute Gasteiger partial charge is 0.0358 e. The van der Waals surface area contributed by atoms with Crippen molar-refractivity contribution in [2.24, 2.45) is 0 Å². The molecular formula is C10H24N4. The van der Waals surface area contributed by atoms with Gasteiger partial charge in [0, 0.05) is 38.3 Å². The van der Waals surface area contributed by atoms with E-state index in [1.165, 1.54) is 0 Å². The fraction of sp³-hybridized carbons (Fsp3) is 1.00. The van der Waals surface area contributed by atoms with Crippen molar-refractivity contribution in [1.82, 2.24) is 21.3 Å². The molecule has 2 atom stereocenters. The first kappa shape index (κ1) is 11.9. The third-order valence-electron chi connectivity index (χ3n) is 2.63. The Bertz CT molecular complexity index is 124. The summed E-state index contributed by atoms with van der Waals surface area (Å²) < 4.78 is 0. The second-order valence-electron chi connectivity index (χ2n) is 3.74. The van der Waals surface area contributed by atoms with Crippen LogP contribution in [0.1, 0.15) is 13.8 Å². The number of hydrogen-bond donors (Lipinski definition) is 4. The Hall–Kier alpha value is -0.160. The third kappa shape index (κ3) is 3.92. The van der Waals surface area contributed by atoms with Gasteiger partial charge in [-0.05, 0) is 13.1 Å². The van der Waals surface area contributed by atoms with Gasteiger partial charge >= 0.3 is 0 Å². The molecule has 4 N–H and O–H groups in total. The molecule has 4 heteroatoms. The first-order valence-electron chi connectivity index (χ1n) is 5.76. The fourth-order valence-electron chi connectivity index (χ4n) is 1.93. The molecule has 0 saturated carbocycles. The minimum absolute atomic E-state index is 0.535. The van der Waals surface area contributed by atoms with E-state index in [9.17, 15) is 0 Å². The molecule has 0 aromatic rings. The van der Waals surface area contributed by atoms with Crippen LogP contribution in [0.3, 0.4) is 0 Å². The lowest BCUT2D eigenvalue weighted by atomic mass is 10.1. The highest BCUT2D eigenvalue weighted by atomic mass is 15.1. The second kappa shape index (κ2) is 7.17. The van der Waals surface area contributed by atoms with Gasteiger partial charge in [-0.1, -0.05) is 13.8 Å². The molecule has 1 heterocycles. The topological polar surface area (TPSA) is 48.1 Å². The molecule has 14 heavy (non-hydrogen) atoms. The molecule has 1 rings (SSSR count). The van der Waals surface area contributed by atoms with E-state index in [4.69, 9.17) is 0 Å². The molecular weight excluding hydrogens is 176 g/mol. The van der Waals surface area contributed by atoms with E-state index in [2.05, 4.69) is 35.1 Å². The zero-order valence-corrected chi connectivity index (χ0v) is 9.40. The first-order chi connectivity index (χ1) is 6.88. The van der Waals surface area contributed by atoms with Crippen molar-refractivity contribution in [2.45, 2.75) is 25.9 Å². The van der Waals surface area contributed by atoms with Crippen LogP contribution in [0, 0.1) is 0 Å². The predicted molar refractivity (Wildman–Crippen MR) is 60.7 cm³/mol. The van der Waals surface area contributed by atoms with Crippen molar-refractivity contribution in [1.29, 1.82) is 0 Å². The Labute approximate surface area is 87.2 Å². The minimum Gasteiger partial charge on any atom is -0.314 e. The Morgan fingerprint density at radius 1 is 0.929 bits per heavy atom. The van der Waals surface area contributed by atoms with Crippen LogP contribution in [-0.2, 0) is 0 Å². The summed E-state index contributed by atoms with van der Waals surface area (Å²) in [6, 6.07) is 1.07. The summed E-state index contributed by atoms with van der Waals surface area (Å²) in [6.07, 6.45) is 0. The van der Waals surface area contributed by atoms with Gasteiger partial charge in [0.25, 0.3) is 0 Å². The molecule has 0 amide bonds. The van der Waals surface area contributed by atoms with E-state index in [1.54, 1.807) is 0 Å². The Morgan fingerprint density at radius 2 is 1.36 bits per heavy atom. The standard InChI is InChI=1S/C10H24N4/c1-3-13-9-7-11-5-6-12-8-10(9)14-4-2/h9-14H,3-8H2,1-2H3/t9-,10-/m0/s1. The molecule has 1 fully saturated rings. The van der Waals surface area contributed by atoms with Crippen LogP contribution in [0.4, 0.5) is 0 Å². The molecule has 1 saturated heterocycles. The Morgan fingerprint density at radius 3 is 1.71 bits per heavy atom. The van der Waals surface area contributed by atoms with Gasteiger partial charge in [0.2, 0.25) is 0 Å². The van der Waals surface area contributed by atoms with Gasteiger partial charge in [-0.2, -0.15) is 0 Å².